The van der Waals surface area contributed by atoms with Crippen molar-refractivity contribution in [2.75, 3.05) is 19.8 Å². The highest BCUT2D eigenvalue weighted by Gasteiger charge is 2.64. The Morgan fingerprint density at radius 3 is 2.89 bits per heavy atom. The van der Waals surface area contributed by atoms with E-state index in [0.717, 1.165) is 24.2 Å². The Balaban J connectivity index is 1.61. The van der Waals surface area contributed by atoms with Crippen LogP contribution < -0.4 is 10.1 Å². The number of nitrogens with one attached hydrogen (secondary N) is 1. The molecule has 1 saturated carbocycles. The molecule has 1 saturated heterocycles. The van der Waals surface area contributed by atoms with Crippen molar-refractivity contribution < 1.29 is 19.0 Å². The number of amides is 1. The average Bonchev–Trinajstić information content (AvgIpc) is 2.64. The molecule has 5 nitrogen and oxygen atoms in total. The van der Waals surface area contributed by atoms with E-state index in [-0.39, 0.29) is 29.1 Å². The van der Waals surface area contributed by atoms with E-state index in [2.05, 4.69) is 32.2 Å². The highest BCUT2D eigenvalue weighted by Crippen LogP contribution is 2.63. The third-order valence-electron chi connectivity index (χ3n) is 7.26. The summed E-state index contributed by atoms with van der Waals surface area (Å²) in [6, 6.07) is 8.24. The number of carbonyl (C=O) groups excluding carboxylic acids is 1. The van der Waals surface area contributed by atoms with Gasteiger partial charge in [-0.3, -0.25) is 0 Å². The number of alkyl carbamates (subject to hydrolysis) is 1. The van der Waals surface area contributed by atoms with E-state index in [1.807, 2.05) is 25.1 Å². The maximum atomic E-state index is 12.0. The molecule has 2 heterocycles. The average molecular weight is 373 g/mol. The Hall–Kier alpha value is -1.75. The van der Waals surface area contributed by atoms with Gasteiger partial charge < -0.3 is 19.5 Å². The van der Waals surface area contributed by atoms with Gasteiger partial charge in [0.05, 0.1) is 12.7 Å². The minimum atomic E-state index is -0.327. The van der Waals surface area contributed by atoms with Gasteiger partial charge in [0.1, 0.15) is 18.0 Å². The lowest BCUT2D eigenvalue weighted by molar-refractivity contribution is -0.259. The molecule has 1 aromatic rings. The minimum Gasteiger partial charge on any atom is -0.487 e. The predicted octanol–water partition coefficient (Wildman–Crippen LogP) is 4.32. The SMILES string of the molecule is CCCNC(=O)OCC12CO[C@H]3c4ccccc4O[C@@](C)(C[C@H]1C)[C@@H]3[C@@H]2C. The lowest BCUT2D eigenvalue weighted by Crippen LogP contribution is -2.66. The van der Waals surface area contributed by atoms with Crippen molar-refractivity contribution in [1.82, 2.24) is 5.32 Å². The van der Waals surface area contributed by atoms with Crippen LogP contribution >= 0.6 is 0 Å². The predicted molar refractivity (Wildman–Crippen MR) is 103 cm³/mol. The lowest BCUT2D eigenvalue weighted by Gasteiger charge is -2.63. The molecular formula is C22H31NO4. The van der Waals surface area contributed by atoms with E-state index in [1.54, 1.807) is 0 Å². The summed E-state index contributed by atoms with van der Waals surface area (Å²) in [5, 5.41) is 2.81. The smallest absolute Gasteiger partial charge is 0.407 e. The molecule has 2 aliphatic heterocycles. The Morgan fingerprint density at radius 1 is 1.33 bits per heavy atom. The molecular weight excluding hydrogens is 342 g/mol. The van der Waals surface area contributed by atoms with Crippen LogP contribution in [0.3, 0.4) is 0 Å². The molecule has 4 rings (SSSR count). The van der Waals surface area contributed by atoms with Crippen LogP contribution in [0.1, 0.15) is 52.2 Å². The fourth-order valence-electron chi connectivity index (χ4n) is 5.73. The van der Waals surface area contributed by atoms with Crippen molar-refractivity contribution in [2.24, 2.45) is 23.2 Å². The van der Waals surface area contributed by atoms with Crippen molar-refractivity contribution in [2.45, 2.75) is 52.2 Å². The van der Waals surface area contributed by atoms with Gasteiger partial charge in [-0.1, -0.05) is 39.0 Å². The summed E-state index contributed by atoms with van der Waals surface area (Å²) in [5.74, 6) is 1.86. The number of hydrogen-bond acceptors (Lipinski definition) is 4. The molecule has 1 aromatic carbocycles. The standard InChI is InChI=1S/C22H31NO4/c1-5-10-23-20(24)26-13-22-12-25-19-16-8-6-7-9-17(16)27-21(4,11-14(22)2)18(19)15(22)3/h6-9,14-15,18-19H,5,10-13H2,1-4H3,(H,23,24)/t14-,15+,18-,19+,21+,22?/m1/s1. The van der Waals surface area contributed by atoms with E-state index in [9.17, 15) is 4.79 Å². The third-order valence-corrected chi connectivity index (χ3v) is 7.26. The molecule has 1 unspecified atom stereocenters. The van der Waals surface area contributed by atoms with Crippen LogP contribution in [0.25, 0.3) is 0 Å². The summed E-state index contributed by atoms with van der Waals surface area (Å²) >= 11 is 0. The molecule has 1 N–H and O–H groups in total. The number of benzene rings is 1. The van der Waals surface area contributed by atoms with Crippen molar-refractivity contribution in [3.05, 3.63) is 29.8 Å². The maximum Gasteiger partial charge on any atom is 0.407 e. The Kier molecular flexibility index (Phi) is 4.61. The van der Waals surface area contributed by atoms with E-state index in [1.165, 1.54) is 0 Å². The zero-order chi connectivity index (χ0) is 19.2. The minimum absolute atomic E-state index is 0.0458. The number of rotatable bonds is 4. The molecule has 2 bridgehead atoms. The highest BCUT2D eigenvalue weighted by molar-refractivity contribution is 5.67. The first kappa shape index (κ1) is 18.6. The zero-order valence-electron chi connectivity index (χ0n) is 16.8. The van der Waals surface area contributed by atoms with Crippen molar-refractivity contribution >= 4 is 6.09 Å². The fourth-order valence-corrected chi connectivity index (χ4v) is 5.73. The zero-order valence-corrected chi connectivity index (χ0v) is 16.8. The Morgan fingerprint density at radius 2 is 2.11 bits per heavy atom. The molecule has 0 radical (unpaired) electrons. The van der Waals surface area contributed by atoms with Gasteiger partial charge in [-0.15, -0.1) is 0 Å². The van der Waals surface area contributed by atoms with Crippen LogP contribution in [0.5, 0.6) is 5.75 Å². The van der Waals surface area contributed by atoms with Gasteiger partial charge in [0.15, 0.2) is 0 Å². The van der Waals surface area contributed by atoms with E-state index in [0.29, 0.717) is 31.6 Å². The van der Waals surface area contributed by atoms with Gasteiger partial charge in [0.2, 0.25) is 0 Å². The largest absolute Gasteiger partial charge is 0.487 e. The molecule has 5 heteroatoms. The van der Waals surface area contributed by atoms with Crippen LogP contribution in [0.2, 0.25) is 0 Å². The van der Waals surface area contributed by atoms with Crippen molar-refractivity contribution in [3.8, 4) is 5.75 Å². The first-order valence-corrected chi connectivity index (χ1v) is 10.2. The topological polar surface area (TPSA) is 56.8 Å². The van der Waals surface area contributed by atoms with E-state index < -0.39 is 0 Å². The molecule has 1 amide bonds. The molecule has 6 atom stereocenters. The third kappa shape index (κ3) is 2.82. The fraction of sp³-hybridized carbons (Fsp3) is 0.682. The summed E-state index contributed by atoms with van der Waals surface area (Å²) in [5.41, 5.74) is 0.725. The number of fused-ring (bicyclic) bond motifs is 3. The van der Waals surface area contributed by atoms with Crippen LogP contribution in [-0.2, 0) is 9.47 Å². The van der Waals surface area contributed by atoms with Crippen LogP contribution in [0.4, 0.5) is 4.79 Å². The second-order valence-electron chi connectivity index (χ2n) is 8.84. The number of para-hydroxylation sites is 1. The molecule has 148 valence electrons. The number of carbonyl (C=O) groups is 1. The Labute approximate surface area is 161 Å². The second-order valence-corrected chi connectivity index (χ2v) is 8.84. The van der Waals surface area contributed by atoms with Crippen LogP contribution in [-0.4, -0.2) is 31.5 Å². The normalized spacial score (nSPS) is 39.1. The quantitative estimate of drug-likeness (QED) is 0.854. The van der Waals surface area contributed by atoms with Crippen molar-refractivity contribution in [3.63, 3.8) is 0 Å². The lowest BCUT2D eigenvalue weighted by atomic mass is 9.50. The van der Waals surface area contributed by atoms with E-state index >= 15 is 0 Å². The van der Waals surface area contributed by atoms with Gasteiger partial charge >= 0.3 is 6.09 Å². The van der Waals surface area contributed by atoms with E-state index in [4.69, 9.17) is 14.2 Å². The van der Waals surface area contributed by atoms with Crippen molar-refractivity contribution in [1.29, 1.82) is 0 Å². The molecule has 1 aliphatic carbocycles. The molecule has 3 aliphatic rings. The summed E-state index contributed by atoms with van der Waals surface area (Å²) in [4.78, 5) is 12.0. The van der Waals surface area contributed by atoms with Gasteiger partial charge in [0, 0.05) is 23.4 Å². The first-order chi connectivity index (χ1) is 12.9. The van der Waals surface area contributed by atoms with Gasteiger partial charge in [-0.05, 0) is 37.7 Å². The molecule has 0 spiro atoms. The molecule has 27 heavy (non-hydrogen) atoms. The maximum absolute atomic E-state index is 12.0. The monoisotopic (exact) mass is 373 g/mol. The molecule has 2 fully saturated rings. The second kappa shape index (κ2) is 6.69. The van der Waals surface area contributed by atoms with Crippen LogP contribution in [0.15, 0.2) is 24.3 Å². The van der Waals surface area contributed by atoms with Gasteiger partial charge in [-0.2, -0.15) is 0 Å². The van der Waals surface area contributed by atoms with Crippen LogP contribution in [0, 0.1) is 23.2 Å². The first-order valence-electron chi connectivity index (χ1n) is 10.2. The van der Waals surface area contributed by atoms with Gasteiger partial charge in [-0.25, -0.2) is 4.79 Å². The highest BCUT2D eigenvalue weighted by atomic mass is 16.6. The van der Waals surface area contributed by atoms with Gasteiger partial charge in [0.25, 0.3) is 0 Å². The Bertz CT molecular complexity index is 722. The summed E-state index contributed by atoms with van der Waals surface area (Å²) in [6.07, 6.45) is 1.56. The molecule has 0 aromatic heterocycles. The summed E-state index contributed by atoms with van der Waals surface area (Å²) in [7, 11) is 0. The number of ether oxygens (including phenoxy) is 3. The summed E-state index contributed by atoms with van der Waals surface area (Å²) < 4.78 is 18.7. The summed E-state index contributed by atoms with van der Waals surface area (Å²) in [6.45, 7) is 10.4. The number of hydrogen-bond donors (Lipinski definition) is 1.